The summed E-state index contributed by atoms with van der Waals surface area (Å²) in [6, 6.07) is 2.13. The van der Waals surface area contributed by atoms with E-state index in [1.165, 1.54) is 24.8 Å². The maximum absolute atomic E-state index is 14.4. The van der Waals surface area contributed by atoms with Crippen LogP contribution in [0.25, 0.3) is 0 Å². The number of hydrogen-bond acceptors (Lipinski definition) is 5. The lowest BCUT2D eigenvalue weighted by molar-refractivity contribution is -0.922. The molecule has 4 aliphatic carbocycles. The first-order valence-electron chi connectivity index (χ1n) is 15.8. The number of allylic oxidation sites excluding steroid dienone is 2. The quantitative estimate of drug-likeness (QED) is 0.466. The Hall–Kier alpha value is -2.05. The van der Waals surface area contributed by atoms with Crippen LogP contribution in [-0.4, -0.2) is 56.0 Å². The number of carbonyl (C=O) groups is 1. The smallest absolute Gasteiger partial charge is 0.231 e. The Kier molecular flexibility index (Phi) is 6.19. The predicted molar refractivity (Wildman–Crippen MR) is 153 cm³/mol. The Labute approximate surface area is 239 Å². The van der Waals surface area contributed by atoms with Crippen molar-refractivity contribution in [3.63, 3.8) is 0 Å². The number of quaternary nitrogens is 1. The number of aliphatic hydroxyl groups excluding tert-OH is 1. The molecule has 8 unspecified atom stereocenters. The summed E-state index contributed by atoms with van der Waals surface area (Å²) in [5.74, 6) is 5.18. The van der Waals surface area contributed by atoms with Crippen LogP contribution < -0.4 is 14.2 Å². The van der Waals surface area contributed by atoms with E-state index in [0.29, 0.717) is 41.1 Å². The molecule has 218 valence electrons. The fraction of sp³-hybridized carbons (Fsp3) is 0.735. The molecule has 1 aromatic rings. The molecule has 2 aliphatic heterocycles. The number of fused-ring (bicyclic) bond motifs is 7. The normalized spacial score (nSPS) is 40.8. The molecule has 0 amide bonds. The van der Waals surface area contributed by atoms with Crippen molar-refractivity contribution in [3.8, 4) is 17.2 Å². The van der Waals surface area contributed by atoms with Crippen molar-refractivity contribution in [3.05, 3.63) is 28.8 Å². The number of likely N-dealkylation sites (N-methyl/N-ethyl adjacent to an activating group) is 1. The summed E-state index contributed by atoms with van der Waals surface area (Å²) in [5.41, 5.74) is 3.79. The van der Waals surface area contributed by atoms with Gasteiger partial charge in [-0.15, -0.1) is 0 Å². The second-order valence-electron chi connectivity index (χ2n) is 15.0. The average Bonchev–Trinajstić information content (AvgIpc) is 3.53. The van der Waals surface area contributed by atoms with E-state index < -0.39 is 0 Å². The van der Waals surface area contributed by atoms with Gasteiger partial charge in [0.2, 0.25) is 12.5 Å². The highest BCUT2D eigenvalue weighted by Crippen LogP contribution is 2.66. The van der Waals surface area contributed by atoms with Crippen molar-refractivity contribution < 1.29 is 28.6 Å². The van der Waals surface area contributed by atoms with Crippen LogP contribution in [0.3, 0.4) is 0 Å². The molecule has 0 spiro atoms. The lowest BCUT2D eigenvalue weighted by atomic mass is 9.44. The van der Waals surface area contributed by atoms with E-state index in [0.717, 1.165) is 78.1 Å². The van der Waals surface area contributed by atoms with Crippen LogP contribution in [0.15, 0.2) is 17.7 Å². The van der Waals surface area contributed by atoms with Gasteiger partial charge < -0.3 is 23.8 Å². The van der Waals surface area contributed by atoms with Crippen molar-refractivity contribution in [2.45, 2.75) is 90.2 Å². The Morgan fingerprint density at radius 1 is 1.12 bits per heavy atom. The van der Waals surface area contributed by atoms with Gasteiger partial charge in [0.15, 0.2) is 17.3 Å². The minimum absolute atomic E-state index is 0.0172. The molecule has 0 aromatic heterocycles. The summed E-state index contributed by atoms with van der Waals surface area (Å²) in [5, 5.41) is 10.4. The number of rotatable bonds is 4. The molecule has 7 rings (SSSR count). The van der Waals surface area contributed by atoms with Crippen LogP contribution in [0.1, 0.15) is 88.8 Å². The maximum Gasteiger partial charge on any atom is 0.231 e. The lowest BCUT2D eigenvalue weighted by Crippen LogP contribution is -2.54. The minimum atomic E-state index is -0.104. The molecule has 6 heteroatoms. The highest BCUT2D eigenvalue weighted by atomic mass is 16.7. The molecule has 6 nitrogen and oxygen atoms in total. The average molecular weight is 551 g/mol. The van der Waals surface area contributed by atoms with Gasteiger partial charge in [-0.3, -0.25) is 4.79 Å². The first-order chi connectivity index (χ1) is 19.1. The molecule has 6 aliphatic rings. The van der Waals surface area contributed by atoms with Crippen molar-refractivity contribution in [1.29, 1.82) is 0 Å². The van der Waals surface area contributed by atoms with Gasteiger partial charge in [-0.1, -0.05) is 19.9 Å². The van der Waals surface area contributed by atoms with Crippen LogP contribution in [-0.2, 0) is 11.2 Å². The molecule has 0 bridgehead atoms. The third kappa shape index (κ3) is 3.77. The number of nitrogens with zero attached hydrogens (tertiary/aromatic N) is 1. The van der Waals surface area contributed by atoms with E-state index in [-0.39, 0.29) is 24.4 Å². The van der Waals surface area contributed by atoms with Gasteiger partial charge in [0.25, 0.3) is 0 Å². The molecular formula is C34H48NO5+. The molecule has 3 fully saturated rings. The van der Waals surface area contributed by atoms with Gasteiger partial charge in [0.05, 0.1) is 45.8 Å². The van der Waals surface area contributed by atoms with Gasteiger partial charge in [-0.05, 0) is 103 Å². The molecular weight excluding hydrogens is 502 g/mol. The van der Waals surface area contributed by atoms with Crippen LogP contribution in [0.5, 0.6) is 17.2 Å². The molecule has 0 saturated heterocycles. The summed E-state index contributed by atoms with van der Waals surface area (Å²) < 4.78 is 18.3. The van der Waals surface area contributed by atoms with E-state index in [4.69, 9.17) is 14.2 Å². The first kappa shape index (κ1) is 26.8. The highest BCUT2D eigenvalue weighted by molar-refractivity contribution is 5.97. The van der Waals surface area contributed by atoms with Crippen LogP contribution >= 0.6 is 0 Å². The Morgan fingerprint density at radius 3 is 2.75 bits per heavy atom. The molecule has 3 saturated carbocycles. The summed E-state index contributed by atoms with van der Waals surface area (Å²) in [6.45, 7) is 6.14. The number of Topliss-reactive ketones (excluding diaryl/α,β-unsaturated/α-hetero) is 1. The zero-order valence-electron chi connectivity index (χ0n) is 25.1. The van der Waals surface area contributed by atoms with E-state index in [1.54, 1.807) is 7.11 Å². The van der Waals surface area contributed by atoms with E-state index >= 15 is 0 Å². The molecule has 0 radical (unpaired) electrons. The van der Waals surface area contributed by atoms with E-state index in [2.05, 4.69) is 40.1 Å². The monoisotopic (exact) mass is 550 g/mol. The van der Waals surface area contributed by atoms with Crippen molar-refractivity contribution in [2.24, 2.45) is 34.5 Å². The maximum atomic E-state index is 14.4. The van der Waals surface area contributed by atoms with Crippen molar-refractivity contribution in [2.75, 3.05) is 34.5 Å². The summed E-state index contributed by atoms with van der Waals surface area (Å²) >= 11 is 0. The Morgan fingerprint density at radius 2 is 1.95 bits per heavy atom. The number of ether oxygens (including phenoxy) is 3. The van der Waals surface area contributed by atoms with E-state index in [1.807, 2.05) is 0 Å². The number of aliphatic hydroxyl groups is 1. The van der Waals surface area contributed by atoms with Gasteiger partial charge in [-0.2, -0.15) is 0 Å². The van der Waals surface area contributed by atoms with E-state index in [9.17, 15) is 9.90 Å². The SMILES string of the molecule is COc1c2c(cc3c1C(CC(=O)C1=CCC4C5CCC6CC(O)CCC6(C)C5CCC14C)[N+](C)(C)CC3)OCO2. The number of carbonyl (C=O) groups excluding carboxylic acids is 1. The summed E-state index contributed by atoms with van der Waals surface area (Å²) in [7, 11) is 6.21. The number of methoxy groups -OCH3 is 1. The molecule has 8 atom stereocenters. The Balaban J connectivity index is 1.16. The third-order valence-corrected chi connectivity index (χ3v) is 13.0. The third-order valence-electron chi connectivity index (χ3n) is 13.0. The first-order valence-corrected chi connectivity index (χ1v) is 15.8. The largest absolute Gasteiger partial charge is 0.492 e. The Bertz CT molecular complexity index is 1250. The number of ketones is 1. The standard InChI is InChI=1S/C34H48NO5/c1-33-13-10-22(36)17-21(33)6-7-23-24-8-9-26(34(24,2)14-11-25(23)33)28(37)18-27-30-20(12-15-35(27,3)4)16-29-31(32(30)38-5)40-19-39-29/h9,16,21-25,27,36H,6-8,10-15,17-19H2,1-5H3/q+1. The van der Waals surface area contributed by atoms with Crippen molar-refractivity contribution in [1.82, 2.24) is 0 Å². The molecule has 2 heterocycles. The van der Waals surface area contributed by atoms with Gasteiger partial charge in [0, 0.05) is 6.42 Å². The van der Waals surface area contributed by atoms with Gasteiger partial charge >= 0.3 is 0 Å². The minimum Gasteiger partial charge on any atom is -0.492 e. The zero-order valence-corrected chi connectivity index (χ0v) is 25.1. The second kappa shape index (κ2) is 9.22. The topological polar surface area (TPSA) is 65.0 Å². The van der Waals surface area contributed by atoms with Crippen molar-refractivity contribution >= 4 is 5.78 Å². The van der Waals surface area contributed by atoms with Crippen LogP contribution in [0, 0.1) is 34.5 Å². The van der Waals surface area contributed by atoms with Crippen LogP contribution in [0.2, 0.25) is 0 Å². The number of benzene rings is 1. The number of hydrogen-bond donors (Lipinski definition) is 1. The molecule has 1 N–H and O–H groups in total. The zero-order chi connectivity index (χ0) is 28.0. The highest BCUT2D eigenvalue weighted by Gasteiger charge is 2.59. The van der Waals surface area contributed by atoms with Gasteiger partial charge in [-0.25, -0.2) is 0 Å². The fourth-order valence-electron chi connectivity index (χ4n) is 10.6. The fourth-order valence-corrected chi connectivity index (χ4v) is 10.6. The molecule has 1 aromatic carbocycles. The summed E-state index contributed by atoms with van der Waals surface area (Å²) in [4.78, 5) is 14.4. The second-order valence-corrected chi connectivity index (χ2v) is 15.0. The summed E-state index contributed by atoms with van der Waals surface area (Å²) in [6.07, 6.45) is 12.7. The lowest BCUT2D eigenvalue weighted by Gasteiger charge is -2.60. The molecule has 40 heavy (non-hydrogen) atoms. The van der Waals surface area contributed by atoms with Crippen LogP contribution in [0.4, 0.5) is 0 Å². The van der Waals surface area contributed by atoms with Gasteiger partial charge in [0.1, 0.15) is 6.04 Å². The predicted octanol–water partition coefficient (Wildman–Crippen LogP) is 6.00.